The average molecular weight is 359 g/mol. The summed E-state index contributed by atoms with van der Waals surface area (Å²) in [6.45, 7) is -0.139. The lowest BCUT2D eigenvalue weighted by molar-refractivity contribution is 0.107. The summed E-state index contributed by atoms with van der Waals surface area (Å²) in [7, 11) is -2.48. The van der Waals surface area contributed by atoms with Gasteiger partial charge in [-0.1, -0.05) is 12.1 Å². The van der Waals surface area contributed by atoms with E-state index in [9.17, 15) is 21.6 Å². The number of halogens is 3. The zero-order valence-corrected chi connectivity index (χ0v) is 13.6. The molecule has 0 bridgehead atoms. The van der Waals surface area contributed by atoms with Crippen LogP contribution in [0.3, 0.4) is 0 Å². The van der Waals surface area contributed by atoms with Gasteiger partial charge in [0.05, 0.1) is 11.9 Å². The van der Waals surface area contributed by atoms with Crippen LogP contribution in [0.5, 0.6) is 0 Å². The van der Waals surface area contributed by atoms with Crippen LogP contribution in [-0.4, -0.2) is 22.1 Å². The monoisotopic (exact) mass is 359 g/mol. The standard InChI is InChI=1S/C16H16F3NO3S/c1-23-16(12-3-2-4-13(17)7-12)9-20-24(21,22)10-11-5-14(18)8-15(19)6-11/h2-8,16,20H,9-10H2,1H3. The third-order valence-electron chi connectivity index (χ3n) is 3.27. The lowest BCUT2D eigenvalue weighted by atomic mass is 10.1. The van der Waals surface area contributed by atoms with Crippen molar-refractivity contribution >= 4 is 10.0 Å². The number of hydrogen-bond donors (Lipinski definition) is 1. The third kappa shape index (κ3) is 5.33. The molecule has 2 rings (SSSR count). The zero-order valence-electron chi connectivity index (χ0n) is 12.8. The summed E-state index contributed by atoms with van der Waals surface area (Å²) >= 11 is 0. The van der Waals surface area contributed by atoms with Crippen LogP contribution >= 0.6 is 0 Å². The van der Waals surface area contributed by atoms with Gasteiger partial charge in [0.25, 0.3) is 0 Å². The highest BCUT2D eigenvalue weighted by molar-refractivity contribution is 7.88. The van der Waals surface area contributed by atoms with Crippen LogP contribution in [0.15, 0.2) is 42.5 Å². The van der Waals surface area contributed by atoms with Crippen molar-refractivity contribution in [1.29, 1.82) is 0 Å². The van der Waals surface area contributed by atoms with Crippen LogP contribution in [-0.2, 0) is 20.5 Å². The highest BCUT2D eigenvalue weighted by Gasteiger charge is 2.17. The van der Waals surface area contributed by atoms with Crippen molar-refractivity contribution in [3.05, 3.63) is 71.0 Å². The number of nitrogens with one attached hydrogen (secondary N) is 1. The van der Waals surface area contributed by atoms with Gasteiger partial charge in [-0.25, -0.2) is 26.3 Å². The van der Waals surface area contributed by atoms with Crippen molar-refractivity contribution in [3.8, 4) is 0 Å². The molecule has 2 aromatic carbocycles. The first-order chi connectivity index (χ1) is 11.3. The lowest BCUT2D eigenvalue weighted by Gasteiger charge is -2.17. The molecule has 24 heavy (non-hydrogen) atoms. The Hall–Kier alpha value is -1.90. The number of hydrogen-bond acceptors (Lipinski definition) is 3. The fourth-order valence-corrected chi connectivity index (χ4v) is 3.32. The number of ether oxygens (including phenoxy) is 1. The van der Waals surface area contributed by atoms with Gasteiger partial charge in [-0.3, -0.25) is 0 Å². The van der Waals surface area contributed by atoms with E-state index in [1.54, 1.807) is 6.07 Å². The van der Waals surface area contributed by atoms with Crippen molar-refractivity contribution in [2.45, 2.75) is 11.9 Å². The maximum atomic E-state index is 13.2. The van der Waals surface area contributed by atoms with Crippen molar-refractivity contribution < 1.29 is 26.3 Å². The van der Waals surface area contributed by atoms with Crippen LogP contribution in [0.1, 0.15) is 17.2 Å². The molecule has 0 amide bonds. The third-order valence-corrected chi connectivity index (χ3v) is 4.59. The summed E-state index contributed by atoms with van der Waals surface area (Å²) in [4.78, 5) is 0. The SMILES string of the molecule is COC(CNS(=O)(=O)Cc1cc(F)cc(F)c1)c1cccc(F)c1. The molecule has 4 nitrogen and oxygen atoms in total. The number of benzene rings is 2. The topological polar surface area (TPSA) is 55.4 Å². The molecular weight excluding hydrogens is 343 g/mol. The summed E-state index contributed by atoms with van der Waals surface area (Å²) in [6, 6.07) is 8.15. The molecule has 0 saturated heterocycles. The van der Waals surface area contributed by atoms with E-state index in [1.807, 2.05) is 0 Å². The molecule has 1 N–H and O–H groups in total. The second kappa shape index (κ2) is 7.78. The van der Waals surface area contributed by atoms with E-state index in [4.69, 9.17) is 4.74 Å². The van der Waals surface area contributed by atoms with Crippen LogP contribution in [0.25, 0.3) is 0 Å². The van der Waals surface area contributed by atoms with Crippen molar-refractivity contribution in [1.82, 2.24) is 4.72 Å². The summed E-state index contributed by atoms with van der Waals surface area (Å²) in [5.41, 5.74) is 0.455. The van der Waals surface area contributed by atoms with Gasteiger partial charge in [-0.15, -0.1) is 0 Å². The summed E-state index contributed by atoms with van der Waals surface area (Å²) in [5.74, 6) is -2.75. The molecule has 0 aliphatic carbocycles. The van der Waals surface area contributed by atoms with Crippen molar-refractivity contribution in [2.24, 2.45) is 0 Å². The molecule has 1 atom stereocenters. The average Bonchev–Trinajstić information content (AvgIpc) is 2.46. The first kappa shape index (κ1) is 18.4. The van der Waals surface area contributed by atoms with Gasteiger partial charge in [0, 0.05) is 19.7 Å². The van der Waals surface area contributed by atoms with E-state index in [-0.39, 0.29) is 12.1 Å². The van der Waals surface area contributed by atoms with E-state index in [0.717, 1.165) is 12.1 Å². The molecular formula is C16H16F3NO3S. The van der Waals surface area contributed by atoms with Gasteiger partial charge in [0.15, 0.2) is 0 Å². The normalized spacial score (nSPS) is 13.0. The quantitative estimate of drug-likeness (QED) is 0.827. The minimum Gasteiger partial charge on any atom is -0.375 e. The maximum Gasteiger partial charge on any atom is 0.215 e. The lowest BCUT2D eigenvalue weighted by Crippen LogP contribution is -2.30. The van der Waals surface area contributed by atoms with Crippen molar-refractivity contribution in [3.63, 3.8) is 0 Å². The predicted octanol–water partition coefficient (Wildman–Crippen LogP) is 2.91. The minimum atomic E-state index is -3.85. The first-order valence-corrected chi connectivity index (χ1v) is 8.65. The number of methoxy groups -OCH3 is 1. The van der Waals surface area contributed by atoms with Gasteiger partial charge in [-0.05, 0) is 35.4 Å². The Morgan fingerprint density at radius 2 is 1.71 bits per heavy atom. The highest BCUT2D eigenvalue weighted by atomic mass is 32.2. The molecule has 130 valence electrons. The maximum absolute atomic E-state index is 13.2. The Morgan fingerprint density at radius 3 is 2.29 bits per heavy atom. The number of sulfonamides is 1. The predicted molar refractivity (Wildman–Crippen MR) is 83.1 cm³/mol. The fraction of sp³-hybridized carbons (Fsp3) is 0.250. The van der Waals surface area contributed by atoms with E-state index in [0.29, 0.717) is 11.6 Å². The molecule has 0 aliphatic heterocycles. The van der Waals surface area contributed by atoms with Crippen LogP contribution in [0, 0.1) is 17.5 Å². The van der Waals surface area contributed by atoms with E-state index in [1.165, 1.54) is 25.3 Å². The van der Waals surface area contributed by atoms with Crippen LogP contribution in [0.2, 0.25) is 0 Å². The van der Waals surface area contributed by atoms with E-state index >= 15 is 0 Å². The minimum absolute atomic E-state index is 0.0141. The first-order valence-electron chi connectivity index (χ1n) is 6.99. The molecule has 1 unspecified atom stereocenters. The van der Waals surface area contributed by atoms with Crippen LogP contribution < -0.4 is 4.72 Å². The number of rotatable bonds is 7. The van der Waals surface area contributed by atoms with Gasteiger partial charge in [-0.2, -0.15) is 0 Å². The molecule has 0 saturated carbocycles. The largest absolute Gasteiger partial charge is 0.375 e. The molecule has 0 spiro atoms. The molecule has 0 fully saturated rings. The van der Waals surface area contributed by atoms with Crippen LogP contribution in [0.4, 0.5) is 13.2 Å². The Kier molecular flexibility index (Phi) is 5.98. The molecule has 0 heterocycles. The summed E-state index contributed by atoms with van der Waals surface area (Å²) in [6.07, 6.45) is -0.695. The molecule has 8 heteroatoms. The van der Waals surface area contributed by atoms with Crippen molar-refractivity contribution in [2.75, 3.05) is 13.7 Å². The molecule has 0 aromatic heterocycles. The molecule has 0 aliphatic rings. The molecule has 0 radical (unpaired) electrons. The van der Waals surface area contributed by atoms with E-state index in [2.05, 4.69) is 4.72 Å². The molecule has 2 aromatic rings. The van der Waals surface area contributed by atoms with Gasteiger partial charge >= 0.3 is 0 Å². The van der Waals surface area contributed by atoms with Gasteiger partial charge in [0.2, 0.25) is 10.0 Å². The Labute approximate surface area is 138 Å². The fourth-order valence-electron chi connectivity index (χ4n) is 2.21. The smallest absolute Gasteiger partial charge is 0.215 e. The summed E-state index contributed by atoms with van der Waals surface area (Å²) < 4.78 is 71.0. The zero-order chi connectivity index (χ0) is 17.7. The Bertz CT molecular complexity index is 792. The van der Waals surface area contributed by atoms with Gasteiger partial charge in [0.1, 0.15) is 17.5 Å². The second-order valence-electron chi connectivity index (χ2n) is 5.16. The Morgan fingerprint density at radius 1 is 1.04 bits per heavy atom. The van der Waals surface area contributed by atoms with Gasteiger partial charge < -0.3 is 4.74 Å². The highest BCUT2D eigenvalue weighted by Crippen LogP contribution is 2.17. The van der Waals surface area contributed by atoms with E-state index < -0.39 is 39.3 Å². The summed E-state index contributed by atoms with van der Waals surface area (Å²) in [5, 5.41) is 0. The second-order valence-corrected chi connectivity index (χ2v) is 6.97. The Balaban J connectivity index is 2.05.